The Morgan fingerprint density at radius 2 is 1.86 bits per heavy atom. The van der Waals surface area contributed by atoms with Gasteiger partial charge >= 0.3 is 5.97 Å². The van der Waals surface area contributed by atoms with Gasteiger partial charge < -0.3 is 9.84 Å². The number of hydrogen-bond acceptors (Lipinski definition) is 3. The van der Waals surface area contributed by atoms with E-state index in [1.165, 1.54) is 0 Å². The number of benzene rings is 1. The highest BCUT2D eigenvalue weighted by Crippen LogP contribution is 2.24. The molecule has 3 atom stereocenters. The number of ether oxygens (including phenoxy) is 1. The summed E-state index contributed by atoms with van der Waals surface area (Å²) in [5, 5.41) is 10.1. The molecule has 1 rings (SSSR count). The van der Waals surface area contributed by atoms with Crippen LogP contribution in [0, 0.1) is 25.7 Å². The summed E-state index contributed by atoms with van der Waals surface area (Å²) >= 11 is 0. The van der Waals surface area contributed by atoms with E-state index in [1.807, 2.05) is 45.0 Å². The average molecular weight is 290 g/mol. The zero-order valence-electron chi connectivity index (χ0n) is 13.4. The lowest BCUT2D eigenvalue weighted by Crippen LogP contribution is -2.29. The van der Waals surface area contributed by atoms with E-state index in [4.69, 9.17) is 4.74 Å². The Morgan fingerprint density at radius 3 is 2.38 bits per heavy atom. The van der Waals surface area contributed by atoms with Crippen molar-refractivity contribution in [2.24, 2.45) is 11.8 Å². The van der Waals surface area contributed by atoms with Crippen molar-refractivity contribution in [3.05, 3.63) is 42.0 Å². The molecular formula is C18H26O3. The van der Waals surface area contributed by atoms with Gasteiger partial charge in [-0.1, -0.05) is 31.2 Å². The fraction of sp³-hybridized carbons (Fsp3) is 0.500. The average Bonchev–Trinajstić information content (AvgIpc) is 2.47. The van der Waals surface area contributed by atoms with E-state index >= 15 is 0 Å². The number of aryl methyl sites for hydroxylation is 2. The van der Waals surface area contributed by atoms with Gasteiger partial charge in [0.2, 0.25) is 0 Å². The summed E-state index contributed by atoms with van der Waals surface area (Å²) in [7, 11) is 0. The minimum atomic E-state index is -0.691. The zero-order chi connectivity index (χ0) is 16.0. The summed E-state index contributed by atoms with van der Waals surface area (Å²) in [5.41, 5.74) is 1.84. The van der Waals surface area contributed by atoms with E-state index in [0.717, 1.165) is 17.5 Å². The van der Waals surface area contributed by atoms with Crippen LogP contribution in [0.15, 0.2) is 30.9 Å². The molecule has 21 heavy (non-hydrogen) atoms. The van der Waals surface area contributed by atoms with E-state index in [-0.39, 0.29) is 5.97 Å². The lowest BCUT2D eigenvalue weighted by molar-refractivity contribution is -0.142. The smallest absolute Gasteiger partial charge is 0.316 e. The Morgan fingerprint density at radius 1 is 1.29 bits per heavy atom. The number of esters is 1. The van der Waals surface area contributed by atoms with Crippen LogP contribution in [0.3, 0.4) is 0 Å². The van der Waals surface area contributed by atoms with E-state index in [9.17, 15) is 9.90 Å². The van der Waals surface area contributed by atoms with E-state index in [0.29, 0.717) is 18.1 Å². The number of carbonyl (C=O) groups is 1. The monoisotopic (exact) mass is 290 g/mol. The molecule has 0 amide bonds. The zero-order valence-corrected chi connectivity index (χ0v) is 13.4. The lowest BCUT2D eigenvalue weighted by atomic mass is 9.96. The van der Waals surface area contributed by atoms with E-state index in [1.54, 1.807) is 6.92 Å². The summed E-state index contributed by atoms with van der Waals surface area (Å²) < 4.78 is 5.47. The van der Waals surface area contributed by atoms with E-state index in [2.05, 4.69) is 6.58 Å². The van der Waals surface area contributed by atoms with Crippen molar-refractivity contribution < 1.29 is 14.6 Å². The number of carbonyl (C=O) groups excluding carboxylic acids is 1. The number of hydrogen-bond donors (Lipinski definition) is 1. The summed E-state index contributed by atoms with van der Waals surface area (Å²) in [6, 6.07) is 5.74. The molecule has 0 heterocycles. The van der Waals surface area contributed by atoms with Crippen LogP contribution in [0.5, 0.6) is 5.75 Å². The minimum absolute atomic E-state index is 0.335. The van der Waals surface area contributed by atoms with Gasteiger partial charge in [-0.25, -0.2) is 0 Å². The first-order chi connectivity index (χ1) is 9.86. The third-order valence-corrected chi connectivity index (χ3v) is 3.88. The lowest BCUT2D eigenvalue weighted by Gasteiger charge is -2.19. The molecule has 0 saturated heterocycles. The Bertz CT molecular complexity index is 473. The first kappa shape index (κ1) is 17.4. The van der Waals surface area contributed by atoms with Crippen molar-refractivity contribution in [3.63, 3.8) is 0 Å². The van der Waals surface area contributed by atoms with Crippen LogP contribution in [0.2, 0.25) is 0 Å². The molecule has 3 heteroatoms. The molecular weight excluding hydrogens is 264 g/mol. The first-order valence-electron chi connectivity index (χ1n) is 7.45. The van der Waals surface area contributed by atoms with Gasteiger partial charge in [0.15, 0.2) is 0 Å². The van der Waals surface area contributed by atoms with Gasteiger partial charge in [0.1, 0.15) is 5.75 Å². The Kier molecular flexibility index (Phi) is 6.63. The Labute approximate surface area is 127 Å². The van der Waals surface area contributed by atoms with Gasteiger partial charge in [0, 0.05) is 0 Å². The van der Waals surface area contributed by atoms with Gasteiger partial charge in [-0.15, -0.1) is 6.58 Å². The van der Waals surface area contributed by atoms with Crippen molar-refractivity contribution in [1.29, 1.82) is 0 Å². The van der Waals surface area contributed by atoms with Crippen molar-refractivity contribution in [1.82, 2.24) is 0 Å². The van der Waals surface area contributed by atoms with Crippen molar-refractivity contribution in [2.45, 2.75) is 46.6 Å². The SMILES string of the molecule is C=C[C@@H](C)CC[C@H](O)[C@H](C)C(=O)Oc1c(C)cccc1C. The number of para-hydroxylation sites is 1. The maximum absolute atomic E-state index is 12.2. The minimum Gasteiger partial charge on any atom is -0.426 e. The number of allylic oxidation sites excluding steroid dienone is 1. The predicted molar refractivity (Wildman–Crippen MR) is 85.3 cm³/mol. The molecule has 0 unspecified atom stereocenters. The molecule has 0 saturated carbocycles. The Hall–Kier alpha value is -1.61. The predicted octanol–water partition coefficient (Wildman–Crippen LogP) is 3.81. The third-order valence-electron chi connectivity index (χ3n) is 3.88. The molecule has 1 aromatic rings. The molecule has 1 N–H and O–H groups in total. The molecule has 1 aromatic carbocycles. The quantitative estimate of drug-likeness (QED) is 0.472. The van der Waals surface area contributed by atoms with Crippen molar-refractivity contribution in [2.75, 3.05) is 0 Å². The standard InChI is InChI=1S/C18H26O3/c1-6-12(2)10-11-16(19)15(5)18(20)21-17-13(3)8-7-9-14(17)4/h6-9,12,15-16,19H,1,10-11H2,2-5H3/t12-,15+,16+/m1/s1. The third kappa shape index (κ3) is 5.01. The van der Waals surface area contributed by atoms with Crippen LogP contribution in [0.4, 0.5) is 0 Å². The van der Waals surface area contributed by atoms with Crippen LogP contribution >= 0.6 is 0 Å². The van der Waals surface area contributed by atoms with Gasteiger partial charge in [-0.3, -0.25) is 4.79 Å². The molecule has 0 radical (unpaired) electrons. The molecule has 0 spiro atoms. The second-order valence-electron chi connectivity index (χ2n) is 5.79. The second kappa shape index (κ2) is 7.99. The van der Waals surface area contributed by atoms with Gasteiger partial charge in [0.25, 0.3) is 0 Å². The van der Waals surface area contributed by atoms with Gasteiger partial charge in [0.05, 0.1) is 12.0 Å². The number of rotatable bonds is 7. The molecule has 0 aliphatic rings. The maximum atomic E-state index is 12.2. The molecule has 3 nitrogen and oxygen atoms in total. The number of aliphatic hydroxyl groups excluding tert-OH is 1. The molecule has 0 bridgehead atoms. The topological polar surface area (TPSA) is 46.5 Å². The fourth-order valence-corrected chi connectivity index (χ4v) is 2.11. The van der Waals surface area contributed by atoms with Crippen LogP contribution in [-0.2, 0) is 4.79 Å². The molecule has 0 fully saturated rings. The highest BCUT2D eigenvalue weighted by atomic mass is 16.5. The summed E-state index contributed by atoms with van der Waals surface area (Å²) in [4.78, 5) is 12.2. The molecule has 116 valence electrons. The Balaban J connectivity index is 2.64. The summed E-state index contributed by atoms with van der Waals surface area (Å²) in [6.07, 6.45) is 2.54. The van der Waals surface area contributed by atoms with E-state index < -0.39 is 12.0 Å². The highest BCUT2D eigenvalue weighted by molar-refractivity contribution is 5.76. The van der Waals surface area contributed by atoms with Gasteiger partial charge in [-0.05, 0) is 50.7 Å². The van der Waals surface area contributed by atoms with Gasteiger partial charge in [-0.2, -0.15) is 0 Å². The van der Waals surface area contributed by atoms with Crippen molar-refractivity contribution >= 4 is 5.97 Å². The second-order valence-corrected chi connectivity index (χ2v) is 5.79. The normalized spacial score (nSPS) is 15.1. The van der Waals surface area contributed by atoms with Crippen LogP contribution in [0.25, 0.3) is 0 Å². The largest absolute Gasteiger partial charge is 0.426 e. The highest BCUT2D eigenvalue weighted by Gasteiger charge is 2.25. The molecule has 0 aromatic heterocycles. The van der Waals surface area contributed by atoms with Crippen LogP contribution in [-0.4, -0.2) is 17.2 Å². The fourth-order valence-electron chi connectivity index (χ4n) is 2.11. The molecule has 0 aliphatic heterocycles. The van der Waals surface area contributed by atoms with Crippen LogP contribution < -0.4 is 4.74 Å². The number of aliphatic hydroxyl groups is 1. The summed E-state index contributed by atoms with van der Waals surface area (Å²) in [6.45, 7) is 11.3. The summed E-state index contributed by atoms with van der Waals surface area (Å²) in [5.74, 6) is 0.00895. The first-order valence-corrected chi connectivity index (χ1v) is 7.45. The van der Waals surface area contributed by atoms with Crippen LogP contribution in [0.1, 0.15) is 37.8 Å². The maximum Gasteiger partial charge on any atom is 0.316 e. The molecule has 0 aliphatic carbocycles. The van der Waals surface area contributed by atoms with Crippen molar-refractivity contribution in [3.8, 4) is 5.75 Å².